The molecule has 0 unspecified atom stereocenters. The Morgan fingerprint density at radius 1 is 0.682 bits per heavy atom. The van der Waals surface area contributed by atoms with Gasteiger partial charge in [-0.25, -0.2) is 0 Å². The first-order valence-corrected chi connectivity index (χ1v) is 6.59. The second-order valence-electron chi connectivity index (χ2n) is 3.72. The Bertz CT molecular complexity index is 487. The lowest BCUT2D eigenvalue weighted by Crippen LogP contribution is -2.16. The first-order valence-electron chi connectivity index (χ1n) is 5.77. The van der Waals surface area contributed by atoms with Gasteiger partial charge in [0.05, 0.1) is 0 Å². The van der Waals surface area contributed by atoms with Gasteiger partial charge in [0.25, 0.3) is 0 Å². The summed E-state index contributed by atoms with van der Waals surface area (Å²) in [6.07, 6.45) is -4.60. The van der Waals surface area contributed by atoms with Crippen molar-refractivity contribution < 1.29 is 31.1 Å². The van der Waals surface area contributed by atoms with Crippen molar-refractivity contribution in [3.63, 3.8) is 0 Å². The van der Waals surface area contributed by atoms with Crippen LogP contribution >= 0.6 is 11.8 Å². The van der Waals surface area contributed by atoms with Gasteiger partial charge in [-0.05, 0) is 36.0 Å². The molecule has 1 nitrogen and oxygen atoms in total. The number of rotatable bonds is 2. The van der Waals surface area contributed by atoms with Crippen molar-refractivity contribution in [3.05, 3.63) is 60.7 Å². The molecule has 0 amide bonds. The zero-order valence-electron chi connectivity index (χ0n) is 10.9. The van der Waals surface area contributed by atoms with Crippen LogP contribution in [0.4, 0.5) is 26.3 Å². The molecule has 0 fully saturated rings. The van der Waals surface area contributed by atoms with Gasteiger partial charge in [-0.1, -0.05) is 36.4 Å². The normalized spacial score (nSPS) is 11.4. The van der Waals surface area contributed by atoms with Crippen LogP contribution in [0.15, 0.2) is 65.6 Å². The summed E-state index contributed by atoms with van der Waals surface area (Å²) in [5, 5.41) is 0. The van der Waals surface area contributed by atoms with E-state index >= 15 is 0 Å². The van der Waals surface area contributed by atoms with E-state index in [-0.39, 0.29) is 22.4 Å². The topological polar surface area (TPSA) is 9.23 Å². The van der Waals surface area contributed by atoms with Crippen molar-refractivity contribution in [1.82, 2.24) is 0 Å². The molecular formula is C14H10F6OS. The SMILES string of the molecule is FC(F)(F)Oc1ccccc1.FC(F)(F)Sc1ccccc1. The standard InChI is InChI=1S/C7H5F3O.C7H5F3S/c2*8-7(9,10)11-6-4-2-1-3-5-6/h2*1-5H. The zero-order valence-corrected chi connectivity index (χ0v) is 11.7. The fourth-order valence-corrected chi connectivity index (χ4v) is 1.80. The molecule has 0 aromatic heterocycles. The molecule has 0 aliphatic rings. The fourth-order valence-electron chi connectivity index (χ4n) is 1.24. The van der Waals surface area contributed by atoms with Crippen LogP contribution in [0.2, 0.25) is 0 Å². The second kappa shape index (κ2) is 7.98. The maximum Gasteiger partial charge on any atom is 0.573 e. The molecule has 0 spiro atoms. The molecule has 0 radical (unpaired) electrons. The van der Waals surface area contributed by atoms with Crippen LogP contribution in [-0.4, -0.2) is 11.9 Å². The highest BCUT2D eigenvalue weighted by Gasteiger charge is 2.30. The van der Waals surface area contributed by atoms with Gasteiger partial charge < -0.3 is 4.74 Å². The number of benzene rings is 2. The zero-order chi connectivity index (χ0) is 16.6. The van der Waals surface area contributed by atoms with E-state index in [2.05, 4.69) is 4.74 Å². The lowest BCUT2D eigenvalue weighted by atomic mass is 10.3. The highest BCUT2D eigenvalue weighted by atomic mass is 32.2. The minimum atomic E-state index is -4.60. The fraction of sp³-hybridized carbons (Fsp3) is 0.143. The number of alkyl halides is 6. The molecule has 2 aromatic rings. The van der Waals surface area contributed by atoms with E-state index < -0.39 is 11.9 Å². The molecule has 0 atom stereocenters. The summed E-state index contributed by atoms with van der Waals surface area (Å²) in [7, 11) is 0. The van der Waals surface area contributed by atoms with Crippen LogP contribution < -0.4 is 4.74 Å². The Labute approximate surface area is 126 Å². The van der Waals surface area contributed by atoms with Crippen molar-refractivity contribution in [2.24, 2.45) is 0 Å². The molecule has 0 aliphatic carbocycles. The number of halogens is 6. The third kappa shape index (κ3) is 9.17. The van der Waals surface area contributed by atoms with Gasteiger partial charge in [0, 0.05) is 4.90 Å². The van der Waals surface area contributed by atoms with E-state index in [1.54, 1.807) is 24.3 Å². The van der Waals surface area contributed by atoms with Gasteiger partial charge in [0.1, 0.15) is 5.75 Å². The van der Waals surface area contributed by atoms with Crippen molar-refractivity contribution in [1.29, 1.82) is 0 Å². The Morgan fingerprint density at radius 3 is 1.55 bits per heavy atom. The molecular weight excluding hydrogens is 330 g/mol. The molecule has 0 aliphatic heterocycles. The second-order valence-corrected chi connectivity index (χ2v) is 4.86. The molecule has 8 heteroatoms. The molecule has 120 valence electrons. The van der Waals surface area contributed by atoms with E-state index in [0.717, 1.165) is 0 Å². The monoisotopic (exact) mass is 340 g/mol. The summed E-state index contributed by atoms with van der Waals surface area (Å²) < 4.78 is 73.3. The summed E-state index contributed by atoms with van der Waals surface area (Å²) in [5.74, 6) is -0.194. The number of para-hydroxylation sites is 1. The van der Waals surface area contributed by atoms with Gasteiger partial charge in [0.2, 0.25) is 0 Å². The quantitative estimate of drug-likeness (QED) is 0.498. The van der Waals surface area contributed by atoms with E-state index in [0.29, 0.717) is 0 Å². The number of hydrogen-bond acceptors (Lipinski definition) is 2. The maximum atomic E-state index is 11.7. The Hall–Kier alpha value is -1.83. The third-order valence-electron chi connectivity index (χ3n) is 1.95. The summed E-state index contributed by atoms with van der Waals surface area (Å²) in [6, 6.07) is 14.7. The summed E-state index contributed by atoms with van der Waals surface area (Å²) in [6.45, 7) is 0. The van der Waals surface area contributed by atoms with Crippen LogP contribution in [0, 0.1) is 0 Å². The smallest absolute Gasteiger partial charge is 0.406 e. The highest BCUT2D eigenvalue weighted by molar-refractivity contribution is 8.00. The van der Waals surface area contributed by atoms with E-state index in [1.807, 2.05) is 0 Å². The van der Waals surface area contributed by atoms with Crippen LogP contribution in [0.1, 0.15) is 0 Å². The molecule has 2 aromatic carbocycles. The Kier molecular flexibility index (Phi) is 6.61. The Morgan fingerprint density at radius 2 is 1.14 bits per heavy atom. The van der Waals surface area contributed by atoms with E-state index in [4.69, 9.17) is 0 Å². The molecule has 22 heavy (non-hydrogen) atoms. The lowest BCUT2D eigenvalue weighted by molar-refractivity contribution is -0.274. The minimum absolute atomic E-state index is 0.0993. The third-order valence-corrected chi connectivity index (χ3v) is 2.69. The van der Waals surface area contributed by atoms with Crippen LogP contribution in [-0.2, 0) is 0 Å². The predicted octanol–water partition coefficient (Wildman–Crippen LogP) is 5.88. The molecule has 0 saturated carbocycles. The average Bonchev–Trinajstić information content (AvgIpc) is 2.38. The van der Waals surface area contributed by atoms with Crippen molar-refractivity contribution >= 4 is 11.8 Å². The molecule has 0 heterocycles. The van der Waals surface area contributed by atoms with Crippen LogP contribution in [0.3, 0.4) is 0 Å². The van der Waals surface area contributed by atoms with Gasteiger partial charge >= 0.3 is 11.9 Å². The van der Waals surface area contributed by atoms with Crippen LogP contribution in [0.5, 0.6) is 5.75 Å². The predicted molar refractivity (Wildman–Crippen MR) is 71.5 cm³/mol. The largest absolute Gasteiger partial charge is 0.573 e. The average molecular weight is 340 g/mol. The van der Waals surface area contributed by atoms with Crippen molar-refractivity contribution in [2.75, 3.05) is 0 Å². The van der Waals surface area contributed by atoms with Gasteiger partial charge in [-0.3, -0.25) is 0 Å². The number of ether oxygens (including phenoxy) is 1. The summed E-state index contributed by atoms with van der Waals surface area (Å²) in [5.41, 5.74) is -4.18. The van der Waals surface area contributed by atoms with Crippen LogP contribution in [0.25, 0.3) is 0 Å². The van der Waals surface area contributed by atoms with Crippen molar-refractivity contribution in [2.45, 2.75) is 16.8 Å². The highest BCUT2D eigenvalue weighted by Crippen LogP contribution is 2.36. The van der Waals surface area contributed by atoms with Gasteiger partial charge in [-0.2, -0.15) is 13.2 Å². The molecule has 0 bridgehead atoms. The maximum absolute atomic E-state index is 11.7. The van der Waals surface area contributed by atoms with Gasteiger partial charge in [0.15, 0.2) is 0 Å². The number of hydrogen-bond donors (Lipinski definition) is 0. The Balaban J connectivity index is 0.000000220. The van der Waals surface area contributed by atoms with Gasteiger partial charge in [-0.15, -0.1) is 13.2 Å². The minimum Gasteiger partial charge on any atom is -0.406 e. The molecule has 2 rings (SSSR count). The lowest BCUT2D eigenvalue weighted by Gasteiger charge is -2.07. The summed E-state index contributed by atoms with van der Waals surface area (Å²) >= 11 is -0.0993. The first kappa shape index (κ1) is 18.2. The molecule has 0 N–H and O–H groups in total. The molecule has 0 saturated heterocycles. The summed E-state index contributed by atoms with van der Waals surface area (Å²) in [4.78, 5) is 0.222. The van der Waals surface area contributed by atoms with Crippen molar-refractivity contribution in [3.8, 4) is 5.75 Å². The van der Waals surface area contributed by atoms with E-state index in [1.165, 1.54) is 36.4 Å². The first-order chi connectivity index (χ1) is 10.2. The van der Waals surface area contributed by atoms with E-state index in [9.17, 15) is 26.3 Å². The number of thioether (sulfide) groups is 1.